The topological polar surface area (TPSA) is 106 Å². The van der Waals surface area contributed by atoms with E-state index in [0.717, 1.165) is 17.1 Å². The third kappa shape index (κ3) is 3.56. The van der Waals surface area contributed by atoms with Crippen LogP contribution in [0.4, 0.5) is 11.8 Å². The first-order valence-electron chi connectivity index (χ1n) is 9.12. The van der Waals surface area contributed by atoms with Gasteiger partial charge in [-0.1, -0.05) is 13.8 Å². The summed E-state index contributed by atoms with van der Waals surface area (Å²) in [5.41, 5.74) is 2.31. The minimum absolute atomic E-state index is 0.369. The number of rotatable bonds is 6. The second kappa shape index (κ2) is 7.35. The van der Waals surface area contributed by atoms with Crippen molar-refractivity contribution in [1.29, 1.82) is 0 Å². The van der Waals surface area contributed by atoms with E-state index in [0.29, 0.717) is 29.8 Å². The molecule has 4 heterocycles. The number of hydrogen-bond donors (Lipinski definition) is 2. The Morgan fingerprint density at radius 1 is 1.14 bits per heavy atom. The van der Waals surface area contributed by atoms with E-state index in [1.54, 1.807) is 17.1 Å². The van der Waals surface area contributed by atoms with Crippen molar-refractivity contribution in [1.82, 2.24) is 34.3 Å². The number of fused-ring (bicyclic) bond motifs is 1. The van der Waals surface area contributed by atoms with Crippen molar-refractivity contribution < 1.29 is 5.11 Å². The lowest BCUT2D eigenvalue weighted by molar-refractivity contribution is 0.140. The van der Waals surface area contributed by atoms with Gasteiger partial charge in [-0.15, -0.1) is 10.2 Å². The SMILES string of the molecule is CC(C)CC(O)c1nnc2cc(-c3ccnc(Nc4ccnn4C)n3)ccn12. The molecule has 9 heteroatoms. The molecule has 28 heavy (non-hydrogen) atoms. The van der Waals surface area contributed by atoms with Crippen molar-refractivity contribution in [3.8, 4) is 11.3 Å². The van der Waals surface area contributed by atoms with E-state index in [1.807, 2.05) is 41.9 Å². The number of hydrogen-bond acceptors (Lipinski definition) is 7. The predicted octanol–water partition coefficient (Wildman–Crippen LogP) is 2.74. The van der Waals surface area contributed by atoms with Crippen LogP contribution in [0.25, 0.3) is 16.9 Å². The molecule has 0 aliphatic heterocycles. The van der Waals surface area contributed by atoms with Crippen LogP contribution in [-0.2, 0) is 7.05 Å². The molecule has 1 unspecified atom stereocenters. The fourth-order valence-corrected chi connectivity index (χ4v) is 3.04. The van der Waals surface area contributed by atoms with Crippen LogP contribution in [0.2, 0.25) is 0 Å². The highest BCUT2D eigenvalue weighted by Gasteiger charge is 2.17. The van der Waals surface area contributed by atoms with Gasteiger partial charge in [0.05, 0.1) is 11.9 Å². The molecule has 2 N–H and O–H groups in total. The summed E-state index contributed by atoms with van der Waals surface area (Å²) >= 11 is 0. The van der Waals surface area contributed by atoms with Crippen LogP contribution in [0.1, 0.15) is 32.2 Å². The van der Waals surface area contributed by atoms with Gasteiger partial charge in [0, 0.05) is 31.1 Å². The first-order chi connectivity index (χ1) is 13.5. The number of pyridine rings is 1. The summed E-state index contributed by atoms with van der Waals surface area (Å²) in [4.78, 5) is 8.85. The van der Waals surface area contributed by atoms with Gasteiger partial charge in [0.15, 0.2) is 11.5 Å². The Hall–Kier alpha value is -3.33. The van der Waals surface area contributed by atoms with Crippen molar-refractivity contribution in [3.05, 3.63) is 48.7 Å². The first kappa shape index (κ1) is 18.1. The van der Waals surface area contributed by atoms with E-state index in [9.17, 15) is 5.11 Å². The third-order valence-corrected chi connectivity index (χ3v) is 4.44. The van der Waals surface area contributed by atoms with Crippen LogP contribution in [-0.4, -0.2) is 39.5 Å². The summed E-state index contributed by atoms with van der Waals surface area (Å²) in [6, 6.07) is 7.51. The van der Waals surface area contributed by atoms with Gasteiger partial charge in [0.2, 0.25) is 5.95 Å². The molecule has 144 valence electrons. The minimum Gasteiger partial charge on any atom is -0.385 e. The van der Waals surface area contributed by atoms with Gasteiger partial charge in [0.25, 0.3) is 0 Å². The molecule has 4 rings (SSSR count). The summed E-state index contributed by atoms with van der Waals surface area (Å²) in [7, 11) is 1.84. The maximum atomic E-state index is 10.4. The zero-order valence-electron chi connectivity index (χ0n) is 16.0. The Kier molecular flexibility index (Phi) is 4.74. The van der Waals surface area contributed by atoms with Crippen molar-refractivity contribution in [2.75, 3.05) is 5.32 Å². The summed E-state index contributed by atoms with van der Waals surface area (Å²) in [6.45, 7) is 4.13. The summed E-state index contributed by atoms with van der Waals surface area (Å²) in [6.07, 6.45) is 5.26. The fraction of sp³-hybridized carbons (Fsp3) is 0.316. The Balaban J connectivity index is 1.63. The van der Waals surface area contributed by atoms with E-state index in [-0.39, 0.29) is 0 Å². The average molecular weight is 378 g/mol. The Morgan fingerprint density at radius 3 is 2.75 bits per heavy atom. The Morgan fingerprint density at radius 2 is 2.00 bits per heavy atom. The van der Waals surface area contributed by atoms with Crippen LogP contribution >= 0.6 is 0 Å². The molecule has 1 atom stereocenters. The molecule has 9 nitrogen and oxygen atoms in total. The highest BCUT2D eigenvalue weighted by atomic mass is 16.3. The highest BCUT2D eigenvalue weighted by Crippen LogP contribution is 2.24. The predicted molar refractivity (Wildman–Crippen MR) is 105 cm³/mol. The molecule has 0 aromatic carbocycles. The molecule has 4 aromatic rings. The maximum absolute atomic E-state index is 10.4. The molecule has 0 spiro atoms. The number of aromatic nitrogens is 7. The molecular weight excluding hydrogens is 356 g/mol. The lowest BCUT2D eigenvalue weighted by Crippen LogP contribution is -2.06. The van der Waals surface area contributed by atoms with Gasteiger partial charge in [-0.25, -0.2) is 9.97 Å². The van der Waals surface area contributed by atoms with Gasteiger partial charge in [-0.05, 0) is 30.5 Å². The number of anilines is 2. The van der Waals surface area contributed by atoms with E-state index in [4.69, 9.17) is 0 Å². The van der Waals surface area contributed by atoms with Gasteiger partial charge in [-0.3, -0.25) is 9.08 Å². The highest BCUT2D eigenvalue weighted by molar-refractivity contribution is 5.65. The molecule has 0 aliphatic carbocycles. The number of nitrogens with zero attached hydrogens (tertiary/aromatic N) is 7. The zero-order valence-corrected chi connectivity index (χ0v) is 16.0. The summed E-state index contributed by atoms with van der Waals surface area (Å²) in [5, 5.41) is 26.0. The molecule has 0 aliphatic rings. The standard InChI is InChI=1S/C19H22N8O/c1-12(2)10-15(28)18-25-24-17-11-13(6-9-27(17)18)14-4-7-20-19(22-14)23-16-5-8-21-26(16)3/h4-9,11-12,15,28H,10H2,1-3H3,(H,20,22,23). The number of aliphatic hydroxyl groups is 1. The normalized spacial score (nSPS) is 12.6. The molecule has 0 fully saturated rings. The van der Waals surface area contributed by atoms with Gasteiger partial charge >= 0.3 is 0 Å². The first-order valence-corrected chi connectivity index (χ1v) is 9.12. The lowest BCUT2D eigenvalue weighted by Gasteiger charge is -2.11. The van der Waals surface area contributed by atoms with Gasteiger partial charge in [-0.2, -0.15) is 5.10 Å². The van der Waals surface area contributed by atoms with Crippen molar-refractivity contribution >= 4 is 17.4 Å². The van der Waals surface area contributed by atoms with E-state index in [1.165, 1.54) is 0 Å². The van der Waals surface area contributed by atoms with Crippen LogP contribution in [0.15, 0.2) is 42.9 Å². The van der Waals surface area contributed by atoms with Crippen molar-refractivity contribution in [2.45, 2.75) is 26.4 Å². The second-order valence-corrected chi connectivity index (χ2v) is 7.08. The summed E-state index contributed by atoms with van der Waals surface area (Å²) < 4.78 is 3.52. The number of nitrogens with one attached hydrogen (secondary N) is 1. The molecule has 0 radical (unpaired) electrons. The lowest BCUT2D eigenvalue weighted by atomic mass is 10.1. The smallest absolute Gasteiger partial charge is 0.228 e. The van der Waals surface area contributed by atoms with E-state index < -0.39 is 6.10 Å². The second-order valence-electron chi connectivity index (χ2n) is 7.08. The van der Waals surface area contributed by atoms with Crippen LogP contribution in [0, 0.1) is 5.92 Å². The quantitative estimate of drug-likeness (QED) is 0.531. The molecule has 0 amide bonds. The minimum atomic E-state index is -0.644. The Labute approximate surface area is 162 Å². The molecule has 4 aromatic heterocycles. The van der Waals surface area contributed by atoms with Gasteiger partial charge < -0.3 is 10.4 Å². The van der Waals surface area contributed by atoms with Gasteiger partial charge in [0.1, 0.15) is 11.9 Å². The van der Waals surface area contributed by atoms with Crippen molar-refractivity contribution in [3.63, 3.8) is 0 Å². The molecule has 0 saturated carbocycles. The van der Waals surface area contributed by atoms with Crippen LogP contribution in [0.5, 0.6) is 0 Å². The molecular formula is C19H22N8O. The van der Waals surface area contributed by atoms with Crippen LogP contribution in [0.3, 0.4) is 0 Å². The fourth-order valence-electron chi connectivity index (χ4n) is 3.04. The van der Waals surface area contributed by atoms with E-state index in [2.05, 4.69) is 44.4 Å². The average Bonchev–Trinajstić information content (AvgIpc) is 3.27. The van der Waals surface area contributed by atoms with Crippen LogP contribution < -0.4 is 5.32 Å². The monoisotopic (exact) mass is 378 g/mol. The molecule has 0 bridgehead atoms. The third-order valence-electron chi connectivity index (χ3n) is 4.44. The Bertz CT molecular complexity index is 1100. The molecule has 0 saturated heterocycles. The largest absolute Gasteiger partial charge is 0.385 e. The maximum Gasteiger partial charge on any atom is 0.228 e. The van der Waals surface area contributed by atoms with E-state index >= 15 is 0 Å². The zero-order chi connectivity index (χ0) is 19.7. The summed E-state index contributed by atoms with van der Waals surface area (Å²) in [5.74, 6) is 2.20. The number of aliphatic hydroxyl groups excluding tert-OH is 1. The number of aryl methyl sites for hydroxylation is 1. The van der Waals surface area contributed by atoms with Crippen molar-refractivity contribution in [2.24, 2.45) is 13.0 Å².